The highest BCUT2D eigenvalue weighted by Gasteiger charge is 2.25. The number of nitrogens with zero attached hydrogens (tertiary/aromatic N) is 7. The molecule has 6 rings (SSSR count). The minimum absolute atomic E-state index is 0.260. The zero-order chi connectivity index (χ0) is 31.2. The SMILES string of the molecule is CC(C)(C)OC(=O)NCc1ncc2n1CCN(c1nc(Nc3ccc4cnn(C(=O)OC(C)(C)C)c4c3)nc3ccoc13)C2. The van der Waals surface area contributed by atoms with Crippen LogP contribution in [0.5, 0.6) is 0 Å². The lowest BCUT2D eigenvalue weighted by molar-refractivity contribution is 0.0511. The van der Waals surface area contributed by atoms with Gasteiger partial charge in [-0.3, -0.25) is 0 Å². The van der Waals surface area contributed by atoms with Crippen molar-refractivity contribution in [1.29, 1.82) is 0 Å². The van der Waals surface area contributed by atoms with Crippen LogP contribution in [-0.4, -0.2) is 59.2 Å². The molecule has 5 heterocycles. The van der Waals surface area contributed by atoms with E-state index in [1.807, 2.05) is 53.7 Å². The quantitative estimate of drug-likeness (QED) is 0.268. The first-order valence-electron chi connectivity index (χ1n) is 14.3. The molecule has 0 aliphatic carbocycles. The zero-order valence-electron chi connectivity index (χ0n) is 25.5. The summed E-state index contributed by atoms with van der Waals surface area (Å²) in [7, 11) is 0. The summed E-state index contributed by atoms with van der Waals surface area (Å²) in [5.41, 5.74) is 2.25. The maximum atomic E-state index is 12.7. The number of amides is 1. The number of hydrogen-bond donors (Lipinski definition) is 2. The van der Waals surface area contributed by atoms with Gasteiger partial charge in [-0.25, -0.2) is 19.6 Å². The van der Waals surface area contributed by atoms with Crippen molar-refractivity contribution in [3.05, 3.63) is 54.4 Å². The number of imidazole rings is 1. The number of hydrogen-bond acceptors (Lipinski definition) is 11. The van der Waals surface area contributed by atoms with Crippen LogP contribution < -0.4 is 15.5 Å². The summed E-state index contributed by atoms with van der Waals surface area (Å²) < 4.78 is 20.0. The Morgan fingerprint density at radius 2 is 1.80 bits per heavy atom. The van der Waals surface area contributed by atoms with Crippen LogP contribution in [0.2, 0.25) is 0 Å². The highest BCUT2D eigenvalue weighted by molar-refractivity contribution is 5.90. The molecular weight excluding hydrogens is 566 g/mol. The number of ether oxygens (including phenoxy) is 2. The Kier molecular flexibility index (Phi) is 7.14. The predicted molar refractivity (Wildman–Crippen MR) is 163 cm³/mol. The number of benzene rings is 1. The van der Waals surface area contributed by atoms with Crippen LogP contribution in [0.1, 0.15) is 53.1 Å². The predicted octanol–water partition coefficient (Wildman–Crippen LogP) is 5.34. The summed E-state index contributed by atoms with van der Waals surface area (Å²) in [5, 5.41) is 11.1. The van der Waals surface area contributed by atoms with Gasteiger partial charge in [-0.15, -0.1) is 0 Å². The molecule has 0 bridgehead atoms. The third-order valence-corrected chi connectivity index (χ3v) is 6.74. The number of nitrogens with one attached hydrogen (secondary N) is 2. The maximum absolute atomic E-state index is 12.7. The topological polar surface area (TPSA) is 154 Å². The van der Waals surface area contributed by atoms with Gasteiger partial charge in [0.25, 0.3) is 0 Å². The van der Waals surface area contributed by atoms with E-state index in [2.05, 4.69) is 35.2 Å². The second-order valence-electron chi connectivity index (χ2n) is 12.5. The Labute approximate surface area is 253 Å². The molecule has 14 heteroatoms. The average Bonchev–Trinajstić information content (AvgIpc) is 3.67. The number of carbonyl (C=O) groups is 2. The van der Waals surface area contributed by atoms with Crippen LogP contribution >= 0.6 is 0 Å². The Morgan fingerprint density at radius 1 is 1.00 bits per heavy atom. The molecule has 230 valence electrons. The lowest BCUT2D eigenvalue weighted by Crippen LogP contribution is -2.36. The standard InChI is InChI=1S/C30H35N9O5/c1-29(2,3)43-27(40)32-16-23-31-15-20-17-37(10-11-38(20)23)25-24-21(9-12-42-24)35-26(36-25)34-19-8-7-18-14-33-39(22(18)13-19)28(41)44-30(4,5)6/h7-9,12-15H,10-11,16-17H2,1-6H3,(H,32,40)(H,34,35,36). The Hall–Kier alpha value is -5.14. The normalized spacial score (nSPS) is 13.6. The number of furan rings is 1. The van der Waals surface area contributed by atoms with E-state index in [0.717, 1.165) is 16.9 Å². The van der Waals surface area contributed by atoms with Crippen LogP contribution in [0.15, 0.2) is 47.3 Å². The number of anilines is 3. The molecule has 0 radical (unpaired) electrons. The molecule has 0 atom stereocenters. The molecule has 1 aliphatic heterocycles. The average molecular weight is 602 g/mol. The van der Waals surface area contributed by atoms with Crippen LogP contribution in [0.3, 0.4) is 0 Å². The van der Waals surface area contributed by atoms with Gasteiger partial charge < -0.3 is 34.0 Å². The van der Waals surface area contributed by atoms with Crippen LogP contribution in [0, 0.1) is 0 Å². The minimum Gasteiger partial charge on any atom is -0.459 e. The summed E-state index contributed by atoms with van der Waals surface area (Å²) in [6.07, 6.45) is 3.97. The van der Waals surface area contributed by atoms with Crippen LogP contribution in [-0.2, 0) is 29.1 Å². The second kappa shape index (κ2) is 10.8. The van der Waals surface area contributed by atoms with Crippen molar-refractivity contribution in [2.45, 2.75) is 72.4 Å². The van der Waals surface area contributed by atoms with Gasteiger partial charge in [-0.1, -0.05) is 0 Å². The molecule has 4 aromatic heterocycles. The number of rotatable bonds is 5. The van der Waals surface area contributed by atoms with Crippen molar-refractivity contribution in [1.82, 2.24) is 34.6 Å². The number of carbonyl (C=O) groups excluding carboxylic acids is 2. The fourth-order valence-electron chi connectivity index (χ4n) is 4.93. The molecule has 0 saturated heterocycles. The zero-order valence-corrected chi connectivity index (χ0v) is 25.5. The van der Waals surface area contributed by atoms with Gasteiger partial charge in [0, 0.05) is 30.2 Å². The molecular formula is C30H35N9O5. The molecule has 0 fully saturated rings. The molecule has 0 spiro atoms. The third kappa shape index (κ3) is 6.14. The summed E-state index contributed by atoms with van der Waals surface area (Å²) in [6, 6.07) is 7.34. The highest BCUT2D eigenvalue weighted by atomic mass is 16.6. The van der Waals surface area contributed by atoms with E-state index < -0.39 is 23.4 Å². The molecule has 1 amide bonds. The number of alkyl carbamates (subject to hydrolysis) is 1. The number of aromatic nitrogens is 6. The third-order valence-electron chi connectivity index (χ3n) is 6.74. The van der Waals surface area contributed by atoms with Gasteiger partial charge in [0.05, 0.1) is 43.0 Å². The van der Waals surface area contributed by atoms with Crippen LogP contribution in [0.25, 0.3) is 22.0 Å². The molecule has 5 aromatic rings. The Morgan fingerprint density at radius 3 is 2.57 bits per heavy atom. The summed E-state index contributed by atoms with van der Waals surface area (Å²) >= 11 is 0. The first kappa shape index (κ1) is 29.0. The van der Waals surface area contributed by atoms with E-state index in [1.54, 1.807) is 30.8 Å². The van der Waals surface area contributed by atoms with Gasteiger partial charge in [-0.05, 0) is 59.7 Å². The largest absolute Gasteiger partial charge is 0.459 e. The van der Waals surface area contributed by atoms with Crippen molar-refractivity contribution >= 4 is 51.6 Å². The van der Waals surface area contributed by atoms with Gasteiger partial charge >= 0.3 is 12.2 Å². The van der Waals surface area contributed by atoms with Gasteiger partial charge in [-0.2, -0.15) is 14.8 Å². The van der Waals surface area contributed by atoms with E-state index in [0.29, 0.717) is 53.7 Å². The highest BCUT2D eigenvalue weighted by Crippen LogP contribution is 2.31. The van der Waals surface area contributed by atoms with Gasteiger partial charge in [0.2, 0.25) is 5.95 Å². The van der Waals surface area contributed by atoms with E-state index in [-0.39, 0.29) is 6.54 Å². The van der Waals surface area contributed by atoms with E-state index in [9.17, 15) is 9.59 Å². The van der Waals surface area contributed by atoms with Gasteiger partial charge in [0.1, 0.15) is 22.5 Å². The fraction of sp³-hybridized carbons (Fsp3) is 0.400. The number of fused-ring (bicyclic) bond motifs is 3. The van der Waals surface area contributed by atoms with Crippen molar-refractivity contribution in [2.24, 2.45) is 0 Å². The van der Waals surface area contributed by atoms with Crippen molar-refractivity contribution in [3.8, 4) is 0 Å². The van der Waals surface area contributed by atoms with Gasteiger partial charge in [0.15, 0.2) is 11.4 Å². The molecule has 0 saturated carbocycles. The molecule has 0 unspecified atom stereocenters. The smallest absolute Gasteiger partial charge is 0.435 e. The summed E-state index contributed by atoms with van der Waals surface area (Å²) in [6.45, 7) is 13.0. The fourth-order valence-corrected chi connectivity index (χ4v) is 4.93. The first-order valence-corrected chi connectivity index (χ1v) is 14.3. The molecule has 44 heavy (non-hydrogen) atoms. The minimum atomic E-state index is -0.653. The van der Waals surface area contributed by atoms with Crippen LogP contribution in [0.4, 0.5) is 27.0 Å². The van der Waals surface area contributed by atoms with E-state index in [4.69, 9.17) is 18.9 Å². The lowest BCUT2D eigenvalue weighted by atomic mass is 10.2. The maximum Gasteiger partial charge on any atom is 0.435 e. The van der Waals surface area contributed by atoms with E-state index >= 15 is 0 Å². The van der Waals surface area contributed by atoms with Crippen molar-refractivity contribution < 1.29 is 23.5 Å². The second-order valence-corrected chi connectivity index (χ2v) is 12.5. The lowest BCUT2D eigenvalue weighted by Gasteiger charge is -2.30. The Bertz CT molecular complexity index is 1860. The summed E-state index contributed by atoms with van der Waals surface area (Å²) in [4.78, 5) is 41.0. The molecule has 14 nitrogen and oxygen atoms in total. The first-order chi connectivity index (χ1) is 20.8. The monoisotopic (exact) mass is 601 g/mol. The molecule has 1 aromatic carbocycles. The molecule has 2 N–H and O–H groups in total. The summed E-state index contributed by atoms with van der Waals surface area (Å²) in [5.74, 6) is 1.76. The van der Waals surface area contributed by atoms with Crippen molar-refractivity contribution in [3.63, 3.8) is 0 Å². The molecule has 1 aliphatic rings. The van der Waals surface area contributed by atoms with Crippen molar-refractivity contribution in [2.75, 3.05) is 16.8 Å². The van der Waals surface area contributed by atoms with E-state index in [1.165, 1.54) is 4.68 Å². The Balaban J connectivity index is 1.22.